The van der Waals surface area contributed by atoms with E-state index in [-0.39, 0.29) is 6.04 Å². The molecule has 7 heteroatoms. The number of rotatable bonds is 5. The number of nitrogens with one attached hydrogen (secondary N) is 1. The van der Waals surface area contributed by atoms with Crippen LogP contribution in [0.5, 0.6) is 0 Å². The number of carbonyl (C=O) groups is 2. The second-order valence-corrected chi connectivity index (χ2v) is 8.57. The van der Waals surface area contributed by atoms with Crippen molar-refractivity contribution in [3.8, 4) is 0 Å². The third-order valence-electron chi connectivity index (χ3n) is 3.45. The Bertz CT molecular complexity index is 606. The van der Waals surface area contributed by atoms with E-state index in [1.54, 1.807) is 47.7 Å². The van der Waals surface area contributed by atoms with Crippen LogP contribution in [-0.2, 0) is 15.9 Å². The molecule has 1 unspecified atom stereocenters. The van der Waals surface area contributed by atoms with Gasteiger partial charge in [0.2, 0.25) is 0 Å². The third-order valence-corrected chi connectivity index (χ3v) is 3.45. The summed E-state index contributed by atoms with van der Waals surface area (Å²) in [5, 5.41) is 1.21. The highest BCUT2D eigenvalue weighted by Gasteiger charge is 2.29. The molecule has 2 amide bonds. The van der Waals surface area contributed by atoms with E-state index in [0.717, 1.165) is 18.4 Å². The van der Waals surface area contributed by atoms with Crippen molar-refractivity contribution in [1.82, 2.24) is 15.4 Å². The van der Waals surface area contributed by atoms with E-state index in [4.69, 9.17) is 9.47 Å². The van der Waals surface area contributed by atoms with Crippen molar-refractivity contribution < 1.29 is 19.1 Å². The summed E-state index contributed by atoms with van der Waals surface area (Å²) < 4.78 is 10.7. The summed E-state index contributed by atoms with van der Waals surface area (Å²) in [5.41, 5.74) is 2.34. The van der Waals surface area contributed by atoms with Crippen molar-refractivity contribution in [2.24, 2.45) is 0 Å². The van der Waals surface area contributed by atoms with Gasteiger partial charge in [-0.3, -0.25) is 4.98 Å². The predicted molar refractivity (Wildman–Crippen MR) is 104 cm³/mol. The number of nitrogens with zero attached hydrogens (tertiary/aromatic N) is 2. The minimum absolute atomic E-state index is 0.260. The quantitative estimate of drug-likeness (QED) is 0.764. The number of amides is 2. The first-order valence-corrected chi connectivity index (χ1v) is 9.28. The monoisotopic (exact) mass is 379 g/mol. The van der Waals surface area contributed by atoms with Crippen molar-refractivity contribution in [3.05, 3.63) is 30.1 Å². The predicted octanol–water partition coefficient (Wildman–Crippen LogP) is 4.47. The van der Waals surface area contributed by atoms with Gasteiger partial charge >= 0.3 is 12.2 Å². The molecule has 0 spiro atoms. The summed E-state index contributed by atoms with van der Waals surface area (Å²) >= 11 is 0. The number of hydrazine groups is 1. The van der Waals surface area contributed by atoms with Crippen LogP contribution in [0.25, 0.3) is 0 Å². The fraction of sp³-hybridized carbons (Fsp3) is 0.650. The van der Waals surface area contributed by atoms with Crippen LogP contribution < -0.4 is 5.43 Å². The minimum atomic E-state index is -0.688. The van der Waals surface area contributed by atoms with Gasteiger partial charge in [0.1, 0.15) is 11.2 Å². The molecular formula is C20H33N3O4. The van der Waals surface area contributed by atoms with E-state index in [2.05, 4.69) is 10.4 Å². The zero-order valence-corrected chi connectivity index (χ0v) is 17.5. The summed E-state index contributed by atoms with van der Waals surface area (Å²) in [4.78, 5) is 28.8. The zero-order valence-electron chi connectivity index (χ0n) is 17.5. The van der Waals surface area contributed by atoms with Crippen LogP contribution >= 0.6 is 0 Å². The van der Waals surface area contributed by atoms with Gasteiger partial charge in [0.05, 0.1) is 6.04 Å². The lowest BCUT2D eigenvalue weighted by molar-refractivity contribution is -0.00868. The van der Waals surface area contributed by atoms with Crippen LogP contribution in [0.4, 0.5) is 9.59 Å². The molecule has 1 heterocycles. The summed E-state index contributed by atoms with van der Waals surface area (Å²) in [6, 6.07) is 3.65. The normalized spacial score (nSPS) is 12.9. The maximum atomic E-state index is 12.6. The maximum absolute atomic E-state index is 12.6. The Balaban J connectivity index is 2.72. The second-order valence-electron chi connectivity index (χ2n) is 8.57. The molecule has 0 saturated carbocycles. The highest BCUT2D eigenvalue weighted by Crippen LogP contribution is 2.15. The van der Waals surface area contributed by atoms with Crippen molar-refractivity contribution in [2.45, 2.75) is 85.0 Å². The third kappa shape index (κ3) is 9.82. The Labute approximate surface area is 162 Å². The molecule has 1 aromatic heterocycles. The average molecular weight is 380 g/mol. The summed E-state index contributed by atoms with van der Waals surface area (Å²) in [7, 11) is 0. The van der Waals surface area contributed by atoms with E-state index in [9.17, 15) is 9.59 Å². The number of pyridine rings is 1. The van der Waals surface area contributed by atoms with E-state index in [1.807, 2.05) is 25.3 Å². The number of hydrogen-bond donors (Lipinski definition) is 1. The van der Waals surface area contributed by atoms with Gasteiger partial charge < -0.3 is 9.47 Å². The first-order chi connectivity index (χ1) is 12.4. The van der Waals surface area contributed by atoms with Gasteiger partial charge in [-0.1, -0.05) is 6.07 Å². The summed E-state index contributed by atoms with van der Waals surface area (Å²) in [6.45, 7) is 12.5. The Morgan fingerprint density at radius 3 is 2.30 bits per heavy atom. The van der Waals surface area contributed by atoms with Crippen LogP contribution in [0, 0.1) is 0 Å². The molecule has 0 bridgehead atoms. The number of hydrogen-bond acceptors (Lipinski definition) is 5. The fourth-order valence-corrected chi connectivity index (χ4v) is 2.32. The molecule has 0 aromatic carbocycles. The van der Waals surface area contributed by atoms with Crippen LogP contribution in [0.3, 0.4) is 0 Å². The molecule has 1 N–H and O–H groups in total. The molecule has 0 fully saturated rings. The molecule has 0 aliphatic heterocycles. The molecular weight excluding hydrogens is 346 g/mol. The maximum Gasteiger partial charge on any atom is 0.429 e. The highest BCUT2D eigenvalue weighted by atomic mass is 16.6. The first kappa shape index (κ1) is 22.7. The lowest BCUT2D eigenvalue weighted by Gasteiger charge is -2.32. The van der Waals surface area contributed by atoms with Crippen molar-refractivity contribution in [1.29, 1.82) is 0 Å². The summed E-state index contributed by atoms with van der Waals surface area (Å²) in [5.74, 6) is 0. The van der Waals surface area contributed by atoms with Crippen LogP contribution in [0.15, 0.2) is 24.5 Å². The molecule has 1 aromatic rings. The molecule has 1 rings (SSSR count). The average Bonchev–Trinajstić information content (AvgIpc) is 2.50. The first-order valence-electron chi connectivity index (χ1n) is 9.28. The van der Waals surface area contributed by atoms with Crippen LogP contribution in [-0.4, -0.2) is 39.4 Å². The van der Waals surface area contributed by atoms with Crippen LogP contribution in [0.1, 0.15) is 66.9 Å². The molecule has 7 nitrogen and oxygen atoms in total. The lowest BCUT2D eigenvalue weighted by Crippen LogP contribution is -2.53. The summed E-state index contributed by atoms with van der Waals surface area (Å²) in [6.07, 6.45) is 4.63. The van der Waals surface area contributed by atoms with Crippen molar-refractivity contribution in [2.75, 3.05) is 0 Å². The van der Waals surface area contributed by atoms with E-state index in [0.29, 0.717) is 6.42 Å². The van der Waals surface area contributed by atoms with Gasteiger partial charge in [0.25, 0.3) is 0 Å². The fourth-order valence-electron chi connectivity index (χ4n) is 2.32. The van der Waals surface area contributed by atoms with Crippen molar-refractivity contribution >= 4 is 12.2 Å². The number of carbonyl (C=O) groups excluding carboxylic acids is 2. The lowest BCUT2D eigenvalue weighted by atomic mass is 10.1. The Kier molecular flexibility index (Phi) is 8.06. The van der Waals surface area contributed by atoms with Gasteiger partial charge in [0.15, 0.2) is 0 Å². The van der Waals surface area contributed by atoms with Gasteiger partial charge in [-0.05, 0) is 79.4 Å². The molecule has 0 aliphatic rings. The molecule has 0 aliphatic carbocycles. The van der Waals surface area contributed by atoms with Gasteiger partial charge in [-0.25, -0.2) is 20.0 Å². The van der Waals surface area contributed by atoms with E-state index >= 15 is 0 Å². The second kappa shape index (κ2) is 9.58. The largest absolute Gasteiger partial charge is 0.443 e. The Hall–Kier alpha value is -2.31. The van der Waals surface area contributed by atoms with Gasteiger partial charge in [0, 0.05) is 12.4 Å². The standard InChI is InChI=1S/C20H33N3O4/c1-15(10-8-11-16-12-9-13-21-14-16)23(18(25)27-20(5,6)7)22-17(24)26-19(2,3)4/h9,12-15H,8,10-11H2,1-7H3,(H,22,24). The number of ether oxygens (including phenoxy) is 2. The highest BCUT2D eigenvalue weighted by molar-refractivity contribution is 5.74. The van der Waals surface area contributed by atoms with Gasteiger partial charge in [-0.15, -0.1) is 0 Å². The Morgan fingerprint density at radius 2 is 1.78 bits per heavy atom. The minimum Gasteiger partial charge on any atom is -0.443 e. The zero-order chi connectivity index (χ0) is 20.7. The molecule has 27 heavy (non-hydrogen) atoms. The number of aromatic nitrogens is 1. The number of aryl methyl sites for hydroxylation is 1. The molecule has 0 radical (unpaired) electrons. The topological polar surface area (TPSA) is 80.8 Å². The SMILES string of the molecule is CC(CCCc1cccnc1)N(NC(=O)OC(C)(C)C)C(=O)OC(C)(C)C. The molecule has 152 valence electrons. The van der Waals surface area contributed by atoms with Crippen LogP contribution in [0.2, 0.25) is 0 Å². The smallest absolute Gasteiger partial charge is 0.429 e. The van der Waals surface area contributed by atoms with Gasteiger partial charge in [-0.2, -0.15) is 0 Å². The molecule has 0 saturated heterocycles. The van der Waals surface area contributed by atoms with E-state index in [1.165, 1.54) is 5.01 Å². The molecule has 1 atom stereocenters. The van der Waals surface area contributed by atoms with Crippen molar-refractivity contribution in [3.63, 3.8) is 0 Å². The van der Waals surface area contributed by atoms with E-state index < -0.39 is 23.4 Å². The Morgan fingerprint density at radius 1 is 1.15 bits per heavy atom.